The number of rotatable bonds is 6. The maximum atomic E-state index is 12.0. The van der Waals surface area contributed by atoms with Crippen LogP contribution in [-0.4, -0.2) is 34.6 Å². The molecule has 0 radical (unpaired) electrons. The Hall–Kier alpha value is -0.960. The number of hydrogen-bond acceptors (Lipinski definition) is 4. The lowest BCUT2D eigenvalue weighted by atomic mass is 10.1. The lowest BCUT2D eigenvalue weighted by molar-refractivity contribution is 0.0934. The Kier molecular flexibility index (Phi) is 6.12. The summed E-state index contributed by atoms with van der Waals surface area (Å²) < 4.78 is 28.1. The Labute approximate surface area is 126 Å². The molecular weight excluding hydrogens is 348 g/mol. The fourth-order valence-electron chi connectivity index (χ4n) is 1.57. The van der Waals surface area contributed by atoms with E-state index in [1.54, 1.807) is 7.11 Å². The monoisotopic (exact) mass is 364 g/mol. The summed E-state index contributed by atoms with van der Waals surface area (Å²) in [7, 11) is -2.26. The van der Waals surface area contributed by atoms with E-state index < -0.39 is 10.0 Å². The number of nitrogens with one attached hydrogen (secondary N) is 1. The average Bonchev–Trinajstić information content (AvgIpc) is 2.34. The fraction of sp³-hybridized carbons (Fsp3) is 0.417. The Morgan fingerprint density at radius 1 is 1.45 bits per heavy atom. The smallest absolute Gasteiger partial charge is 0.251 e. The van der Waals surface area contributed by atoms with Crippen LogP contribution in [0.5, 0.6) is 0 Å². The molecule has 0 saturated carbocycles. The summed E-state index contributed by atoms with van der Waals surface area (Å²) >= 11 is 3.16. The van der Waals surface area contributed by atoms with E-state index in [9.17, 15) is 13.2 Å². The molecule has 0 saturated heterocycles. The summed E-state index contributed by atoms with van der Waals surface area (Å²) in [4.78, 5) is 11.9. The second-order valence-electron chi connectivity index (χ2n) is 4.49. The molecule has 1 amide bonds. The number of carbonyl (C=O) groups excluding carboxylic acids is 1. The SMILES string of the molecule is COCC(C)CNC(=O)c1cc(Br)cc(S(N)(=O)=O)c1. The van der Waals surface area contributed by atoms with Crippen LogP contribution in [0.25, 0.3) is 0 Å². The molecule has 0 aliphatic rings. The van der Waals surface area contributed by atoms with Crippen LogP contribution in [0.15, 0.2) is 27.6 Å². The van der Waals surface area contributed by atoms with Crippen molar-refractivity contribution in [3.05, 3.63) is 28.2 Å². The van der Waals surface area contributed by atoms with Gasteiger partial charge in [0.15, 0.2) is 0 Å². The molecule has 112 valence electrons. The predicted molar refractivity (Wildman–Crippen MR) is 78.9 cm³/mol. The normalized spacial score (nSPS) is 13.0. The summed E-state index contributed by atoms with van der Waals surface area (Å²) in [6.07, 6.45) is 0. The van der Waals surface area contributed by atoms with Crippen LogP contribution in [0, 0.1) is 5.92 Å². The van der Waals surface area contributed by atoms with Gasteiger partial charge in [-0.2, -0.15) is 0 Å². The number of halogens is 1. The van der Waals surface area contributed by atoms with Crippen molar-refractivity contribution in [3.8, 4) is 0 Å². The van der Waals surface area contributed by atoms with E-state index in [-0.39, 0.29) is 22.3 Å². The molecule has 0 aromatic heterocycles. The van der Waals surface area contributed by atoms with E-state index in [2.05, 4.69) is 21.2 Å². The first-order valence-corrected chi connectivity index (χ1v) is 8.18. The van der Waals surface area contributed by atoms with E-state index >= 15 is 0 Å². The van der Waals surface area contributed by atoms with Crippen molar-refractivity contribution in [2.75, 3.05) is 20.3 Å². The minimum absolute atomic E-state index is 0.109. The van der Waals surface area contributed by atoms with Crippen LogP contribution < -0.4 is 10.5 Å². The third-order valence-electron chi connectivity index (χ3n) is 2.52. The molecule has 0 bridgehead atoms. The number of primary sulfonamides is 1. The number of amides is 1. The summed E-state index contributed by atoms with van der Waals surface area (Å²) in [6.45, 7) is 2.89. The molecule has 0 aliphatic carbocycles. The van der Waals surface area contributed by atoms with Crippen molar-refractivity contribution in [2.45, 2.75) is 11.8 Å². The average molecular weight is 365 g/mol. The van der Waals surface area contributed by atoms with Gasteiger partial charge in [-0.25, -0.2) is 13.6 Å². The second-order valence-corrected chi connectivity index (χ2v) is 6.97. The van der Waals surface area contributed by atoms with Crippen LogP contribution in [0.4, 0.5) is 0 Å². The van der Waals surface area contributed by atoms with Crippen LogP contribution in [0.1, 0.15) is 17.3 Å². The van der Waals surface area contributed by atoms with Crippen molar-refractivity contribution in [2.24, 2.45) is 11.1 Å². The second kappa shape index (κ2) is 7.16. The van der Waals surface area contributed by atoms with E-state index in [0.717, 1.165) is 0 Å². The first kappa shape index (κ1) is 17.1. The van der Waals surface area contributed by atoms with Gasteiger partial charge in [0.05, 0.1) is 11.5 Å². The minimum atomic E-state index is -3.85. The Morgan fingerprint density at radius 3 is 2.65 bits per heavy atom. The van der Waals surface area contributed by atoms with Crippen molar-refractivity contribution in [1.29, 1.82) is 0 Å². The topological polar surface area (TPSA) is 98.5 Å². The number of sulfonamides is 1. The summed E-state index contributed by atoms with van der Waals surface area (Å²) in [6, 6.07) is 4.13. The molecule has 20 heavy (non-hydrogen) atoms. The van der Waals surface area contributed by atoms with Gasteiger partial charge in [-0.15, -0.1) is 0 Å². The molecule has 8 heteroatoms. The standard InChI is InChI=1S/C12H17BrN2O4S/c1-8(7-19-2)6-15-12(16)9-3-10(13)5-11(4-9)20(14,17)18/h3-5,8H,6-7H2,1-2H3,(H,15,16)(H2,14,17,18). The highest BCUT2D eigenvalue weighted by Gasteiger charge is 2.14. The van der Waals surface area contributed by atoms with E-state index in [1.165, 1.54) is 18.2 Å². The zero-order valence-corrected chi connectivity index (χ0v) is 13.6. The molecule has 0 aliphatic heterocycles. The van der Waals surface area contributed by atoms with Crippen LogP contribution >= 0.6 is 15.9 Å². The highest BCUT2D eigenvalue weighted by atomic mass is 79.9. The van der Waals surface area contributed by atoms with Crippen LogP contribution in [-0.2, 0) is 14.8 Å². The van der Waals surface area contributed by atoms with Gasteiger partial charge in [-0.1, -0.05) is 22.9 Å². The number of methoxy groups -OCH3 is 1. The minimum Gasteiger partial charge on any atom is -0.384 e. The largest absolute Gasteiger partial charge is 0.384 e. The number of nitrogens with two attached hydrogens (primary N) is 1. The van der Waals surface area contributed by atoms with Gasteiger partial charge >= 0.3 is 0 Å². The maximum Gasteiger partial charge on any atom is 0.251 e. The molecule has 1 aromatic rings. The van der Waals surface area contributed by atoms with Gasteiger partial charge in [0, 0.05) is 23.7 Å². The zero-order valence-electron chi connectivity index (χ0n) is 11.2. The van der Waals surface area contributed by atoms with Crippen molar-refractivity contribution in [3.63, 3.8) is 0 Å². The lowest BCUT2D eigenvalue weighted by Gasteiger charge is -2.12. The molecule has 1 aromatic carbocycles. The van der Waals surface area contributed by atoms with E-state index in [0.29, 0.717) is 17.6 Å². The van der Waals surface area contributed by atoms with E-state index in [1.807, 2.05) is 6.92 Å². The van der Waals surface area contributed by atoms with Crippen molar-refractivity contribution >= 4 is 31.9 Å². The van der Waals surface area contributed by atoms with Gasteiger partial charge in [-0.05, 0) is 24.1 Å². The molecule has 0 heterocycles. The first-order valence-electron chi connectivity index (χ1n) is 5.84. The van der Waals surface area contributed by atoms with Gasteiger partial charge in [-0.3, -0.25) is 4.79 Å². The van der Waals surface area contributed by atoms with Crippen LogP contribution in [0.3, 0.4) is 0 Å². The molecule has 1 atom stereocenters. The van der Waals surface area contributed by atoms with E-state index in [4.69, 9.17) is 9.88 Å². The van der Waals surface area contributed by atoms with Crippen LogP contribution in [0.2, 0.25) is 0 Å². The molecular formula is C12H17BrN2O4S. The van der Waals surface area contributed by atoms with Gasteiger partial charge in [0.1, 0.15) is 0 Å². The zero-order chi connectivity index (χ0) is 15.3. The molecule has 6 nitrogen and oxygen atoms in total. The fourth-order valence-corrected chi connectivity index (χ4v) is 2.80. The summed E-state index contributed by atoms with van der Waals surface area (Å²) in [5.74, 6) is -0.201. The predicted octanol–water partition coefficient (Wildman–Crippen LogP) is 1.11. The number of ether oxygens (including phenoxy) is 1. The highest BCUT2D eigenvalue weighted by molar-refractivity contribution is 9.10. The molecule has 0 spiro atoms. The molecule has 3 N–H and O–H groups in total. The Morgan fingerprint density at radius 2 is 2.10 bits per heavy atom. The van der Waals surface area contributed by atoms with Gasteiger partial charge in [0.25, 0.3) is 5.91 Å². The maximum absolute atomic E-state index is 12.0. The quantitative estimate of drug-likeness (QED) is 0.789. The lowest BCUT2D eigenvalue weighted by Crippen LogP contribution is -2.30. The molecule has 0 fully saturated rings. The highest BCUT2D eigenvalue weighted by Crippen LogP contribution is 2.18. The number of hydrogen-bond donors (Lipinski definition) is 2. The van der Waals surface area contributed by atoms with Gasteiger partial charge < -0.3 is 10.1 Å². The van der Waals surface area contributed by atoms with Crippen molar-refractivity contribution in [1.82, 2.24) is 5.32 Å². The molecule has 1 rings (SSSR count). The Bertz CT molecular complexity index is 589. The first-order chi connectivity index (χ1) is 9.24. The summed E-state index contributed by atoms with van der Waals surface area (Å²) in [5.41, 5.74) is 0.230. The summed E-state index contributed by atoms with van der Waals surface area (Å²) in [5, 5.41) is 7.77. The number of benzene rings is 1. The van der Waals surface area contributed by atoms with Crippen molar-refractivity contribution < 1.29 is 17.9 Å². The van der Waals surface area contributed by atoms with Gasteiger partial charge in [0.2, 0.25) is 10.0 Å². The third-order valence-corrected chi connectivity index (χ3v) is 3.87. The number of carbonyl (C=O) groups is 1. The Balaban J connectivity index is 2.86. The third kappa shape index (κ3) is 5.20. The molecule has 1 unspecified atom stereocenters.